The number of halogens is 1. The van der Waals surface area contributed by atoms with Crippen LogP contribution in [0.25, 0.3) is 11.4 Å². The smallest absolute Gasteiger partial charge is 0.245 e. The summed E-state index contributed by atoms with van der Waals surface area (Å²) in [5.41, 5.74) is 2.03. The molecule has 0 amide bonds. The van der Waals surface area contributed by atoms with Crippen LogP contribution in [0, 0.1) is 6.92 Å². The van der Waals surface area contributed by atoms with Crippen molar-refractivity contribution in [3.05, 3.63) is 28.8 Å². The van der Waals surface area contributed by atoms with Gasteiger partial charge in [-0.15, -0.1) is 5.10 Å². The van der Waals surface area contributed by atoms with Gasteiger partial charge in [-0.1, -0.05) is 23.2 Å². The second-order valence-electron chi connectivity index (χ2n) is 4.57. The van der Waals surface area contributed by atoms with Crippen molar-refractivity contribution in [2.24, 2.45) is 0 Å². The van der Waals surface area contributed by atoms with Gasteiger partial charge in [0.1, 0.15) is 0 Å². The zero-order chi connectivity index (χ0) is 13.2. The average molecular weight is 279 g/mol. The molecule has 1 saturated heterocycles. The monoisotopic (exact) mass is 278 g/mol. The maximum atomic E-state index is 6.20. The van der Waals surface area contributed by atoms with Crippen molar-refractivity contribution in [1.29, 1.82) is 0 Å². The Morgan fingerprint density at radius 3 is 2.89 bits per heavy atom. The van der Waals surface area contributed by atoms with Gasteiger partial charge in [0.25, 0.3) is 0 Å². The topological polar surface area (TPSA) is 54.0 Å². The van der Waals surface area contributed by atoms with E-state index < -0.39 is 0 Å². The molecule has 0 unspecified atom stereocenters. The molecule has 0 radical (unpaired) electrons. The number of aromatic amines is 1. The van der Waals surface area contributed by atoms with Crippen molar-refractivity contribution < 1.29 is 4.74 Å². The molecule has 100 valence electrons. The van der Waals surface area contributed by atoms with E-state index in [0.29, 0.717) is 16.8 Å². The zero-order valence-electron chi connectivity index (χ0n) is 10.7. The summed E-state index contributed by atoms with van der Waals surface area (Å²) in [5.74, 6) is 1.41. The summed E-state index contributed by atoms with van der Waals surface area (Å²) in [5, 5.41) is 7.90. The number of morpholine rings is 1. The molecule has 0 spiro atoms. The Labute approximate surface area is 116 Å². The van der Waals surface area contributed by atoms with Gasteiger partial charge in [0.2, 0.25) is 5.95 Å². The summed E-state index contributed by atoms with van der Waals surface area (Å²) >= 11 is 6.20. The Balaban J connectivity index is 1.89. The van der Waals surface area contributed by atoms with E-state index in [4.69, 9.17) is 16.3 Å². The molecule has 0 atom stereocenters. The van der Waals surface area contributed by atoms with Crippen molar-refractivity contribution in [1.82, 2.24) is 15.2 Å². The van der Waals surface area contributed by atoms with Gasteiger partial charge < -0.3 is 9.64 Å². The highest BCUT2D eigenvalue weighted by molar-refractivity contribution is 6.33. The average Bonchev–Trinajstić information content (AvgIpc) is 2.92. The molecule has 5 nitrogen and oxygen atoms in total. The van der Waals surface area contributed by atoms with E-state index in [2.05, 4.69) is 20.1 Å². The van der Waals surface area contributed by atoms with E-state index in [1.54, 1.807) is 0 Å². The van der Waals surface area contributed by atoms with Gasteiger partial charge in [-0.05, 0) is 19.1 Å². The number of anilines is 1. The van der Waals surface area contributed by atoms with Crippen LogP contribution in [0.4, 0.5) is 5.95 Å². The first-order valence-corrected chi connectivity index (χ1v) is 6.63. The molecule has 2 aromatic rings. The molecule has 1 N–H and O–H groups in total. The van der Waals surface area contributed by atoms with Crippen LogP contribution in [0.5, 0.6) is 0 Å². The molecule has 0 saturated carbocycles. The van der Waals surface area contributed by atoms with Crippen molar-refractivity contribution in [3.63, 3.8) is 0 Å². The molecule has 6 heteroatoms. The first-order valence-electron chi connectivity index (χ1n) is 6.25. The maximum Gasteiger partial charge on any atom is 0.245 e. The fourth-order valence-corrected chi connectivity index (χ4v) is 2.31. The van der Waals surface area contributed by atoms with Gasteiger partial charge >= 0.3 is 0 Å². The van der Waals surface area contributed by atoms with Gasteiger partial charge in [0.05, 0.1) is 18.2 Å². The molecule has 19 heavy (non-hydrogen) atoms. The number of benzene rings is 1. The molecule has 2 heterocycles. The molecule has 0 bridgehead atoms. The second-order valence-corrected chi connectivity index (χ2v) is 4.97. The number of nitrogens with one attached hydrogen (secondary N) is 1. The second kappa shape index (κ2) is 5.19. The Morgan fingerprint density at radius 2 is 2.11 bits per heavy atom. The number of hydrogen-bond donors (Lipinski definition) is 1. The summed E-state index contributed by atoms with van der Waals surface area (Å²) in [6.07, 6.45) is 0. The number of hydrogen-bond acceptors (Lipinski definition) is 4. The first-order chi connectivity index (χ1) is 9.24. The Kier molecular flexibility index (Phi) is 3.40. The van der Waals surface area contributed by atoms with Gasteiger partial charge in [-0.25, -0.2) is 0 Å². The minimum Gasteiger partial charge on any atom is -0.378 e. The standard InChI is InChI=1S/C13H15ClN4O/c1-9-2-3-11(14)10(8-9)12-15-13(17-16-12)18-4-6-19-7-5-18/h2-3,8H,4-7H2,1H3,(H,15,16,17). The molecular weight excluding hydrogens is 264 g/mol. The molecule has 1 aromatic carbocycles. The normalized spacial score (nSPS) is 15.8. The summed E-state index contributed by atoms with van der Waals surface area (Å²) < 4.78 is 5.32. The van der Waals surface area contributed by atoms with Crippen LogP contribution in [0.3, 0.4) is 0 Å². The Bertz CT molecular complexity index is 578. The lowest BCUT2D eigenvalue weighted by atomic mass is 10.1. The van der Waals surface area contributed by atoms with Crippen molar-refractivity contribution in [2.75, 3.05) is 31.2 Å². The minimum atomic E-state index is 0.676. The van der Waals surface area contributed by atoms with E-state index in [1.807, 2.05) is 25.1 Å². The van der Waals surface area contributed by atoms with Crippen molar-refractivity contribution >= 4 is 17.5 Å². The number of nitrogens with zero attached hydrogens (tertiary/aromatic N) is 3. The van der Waals surface area contributed by atoms with E-state index in [1.165, 1.54) is 0 Å². The number of ether oxygens (including phenoxy) is 1. The Hall–Kier alpha value is -1.59. The Morgan fingerprint density at radius 1 is 1.32 bits per heavy atom. The largest absolute Gasteiger partial charge is 0.378 e. The van der Waals surface area contributed by atoms with Crippen LogP contribution in [-0.2, 0) is 4.74 Å². The number of aromatic nitrogens is 3. The predicted octanol–water partition coefficient (Wildman–Crippen LogP) is 2.27. The number of aryl methyl sites for hydroxylation is 1. The van der Waals surface area contributed by atoms with Gasteiger partial charge in [0.15, 0.2) is 5.82 Å². The summed E-state index contributed by atoms with van der Waals surface area (Å²) in [4.78, 5) is 6.63. The third-order valence-corrected chi connectivity index (χ3v) is 3.47. The molecule has 1 aliphatic rings. The maximum absolute atomic E-state index is 6.20. The number of rotatable bonds is 2. The van der Waals surface area contributed by atoms with Crippen LogP contribution in [0.2, 0.25) is 5.02 Å². The van der Waals surface area contributed by atoms with Gasteiger partial charge in [-0.2, -0.15) is 4.98 Å². The fourth-order valence-electron chi connectivity index (χ4n) is 2.10. The van der Waals surface area contributed by atoms with Crippen LogP contribution in [0.15, 0.2) is 18.2 Å². The molecule has 0 aliphatic carbocycles. The van der Waals surface area contributed by atoms with Crippen LogP contribution in [0.1, 0.15) is 5.56 Å². The minimum absolute atomic E-state index is 0.676. The van der Waals surface area contributed by atoms with Crippen LogP contribution in [-0.4, -0.2) is 41.5 Å². The highest BCUT2D eigenvalue weighted by atomic mass is 35.5. The van der Waals surface area contributed by atoms with E-state index in [-0.39, 0.29) is 0 Å². The molecule has 1 aliphatic heterocycles. The van der Waals surface area contributed by atoms with E-state index in [9.17, 15) is 0 Å². The third-order valence-electron chi connectivity index (χ3n) is 3.14. The van der Waals surface area contributed by atoms with E-state index >= 15 is 0 Å². The highest BCUT2D eigenvalue weighted by Gasteiger charge is 2.17. The molecular formula is C13H15ClN4O. The first kappa shape index (κ1) is 12.4. The molecule has 3 rings (SSSR count). The third kappa shape index (κ3) is 2.57. The lowest BCUT2D eigenvalue weighted by Gasteiger charge is -2.25. The van der Waals surface area contributed by atoms with Gasteiger partial charge in [0, 0.05) is 18.7 Å². The lowest BCUT2D eigenvalue weighted by Crippen LogP contribution is -2.36. The van der Waals surface area contributed by atoms with Crippen LogP contribution < -0.4 is 4.90 Å². The van der Waals surface area contributed by atoms with Gasteiger partial charge in [-0.3, -0.25) is 5.10 Å². The SMILES string of the molecule is Cc1ccc(Cl)c(-c2nc(N3CCOCC3)n[nH]2)c1. The van der Waals surface area contributed by atoms with Crippen molar-refractivity contribution in [3.8, 4) is 11.4 Å². The summed E-state index contributed by atoms with van der Waals surface area (Å²) in [6, 6.07) is 5.86. The predicted molar refractivity (Wildman–Crippen MR) is 74.6 cm³/mol. The highest BCUT2D eigenvalue weighted by Crippen LogP contribution is 2.27. The summed E-state index contributed by atoms with van der Waals surface area (Å²) in [7, 11) is 0. The zero-order valence-corrected chi connectivity index (χ0v) is 11.4. The summed E-state index contributed by atoms with van der Waals surface area (Å²) in [6.45, 7) is 5.10. The number of H-pyrrole nitrogens is 1. The molecule has 1 aromatic heterocycles. The van der Waals surface area contributed by atoms with Crippen molar-refractivity contribution in [2.45, 2.75) is 6.92 Å². The van der Waals surface area contributed by atoms with Crippen LogP contribution >= 0.6 is 11.6 Å². The quantitative estimate of drug-likeness (QED) is 0.916. The molecule has 1 fully saturated rings. The fraction of sp³-hybridized carbons (Fsp3) is 0.385. The lowest BCUT2D eigenvalue weighted by molar-refractivity contribution is 0.122. The van der Waals surface area contributed by atoms with E-state index in [0.717, 1.165) is 37.4 Å².